The number of hydrogen-bond acceptors (Lipinski definition) is 6. The molecule has 2 N–H and O–H groups in total. The van der Waals surface area contributed by atoms with Gasteiger partial charge in [-0.15, -0.1) is 12.4 Å². The predicted molar refractivity (Wildman–Crippen MR) is 153 cm³/mol. The largest absolute Gasteiger partial charge is 0.494 e. The highest BCUT2D eigenvalue weighted by Crippen LogP contribution is 2.27. The summed E-state index contributed by atoms with van der Waals surface area (Å²) in [5.41, 5.74) is 3.05. The maximum atomic E-state index is 5.88. The number of anilines is 3. The van der Waals surface area contributed by atoms with E-state index in [-0.39, 0.29) is 12.4 Å². The Labute approximate surface area is 225 Å². The standard InChI is InChI=1S/C30H34N4O2.ClH/c1-3-10-23(11-4-1)22-35-20-9-21-36-26-18-16-25(17-19-26)32-30-33-28-15-8-7-14-27(28)29(34-30)31-24-12-5-2-6-13-24;/h1,3-4,7-8,10-11,14-19,24H,2,5-6,9,12-13,20-22H2,(H2,31,32,33,34);1H. The lowest BCUT2D eigenvalue weighted by molar-refractivity contribution is 0.107. The number of fused-ring (bicyclic) bond motifs is 1. The van der Waals surface area contributed by atoms with Gasteiger partial charge in [-0.1, -0.05) is 61.7 Å². The molecule has 1 heterocycles. The van der Waals surface area contributed by atoms with E-state index in [4.69, 9.17) is 19.4 Å². The van der Waals surface area contributed by atoms with Crippen LogP contribution in [-0.4, -0.2) is 29.2 Å². The van der Waals surface area contributed by atoms with Crippen molar-refractivity contribution in [1.82, 2.24) is 9.97 Å². The quantitative estimate of drug-likeness (QED) is 0.200. The minimum atomic E-state index is 0. The van der Waals surface area contributed by atoms with Crippen LogP contribution in [0, 0.1) is 0 Å². The highest BCUT2D eigenvalue weighted by molar-refractivity contribution is 5.90. The van der Waals surface area contributed by atoms with E-state index in [0.717, 1.165) is 34.6 Å². The molecular formula is C30H35ClN4O2. The number of ether oxygens (including phenoxy) is 2. The number of benzene rings is 3. The Morgan fingerprint density at radius 2 is 1.54 bits per heavy atom. The van der Waals surface area contributed by atoms with Crippen LogP contribution in [-0.2, 0) is 11.3 Å². The lowest BCUT2D eigenvalue weighted by Crippen LogP contribution is -2.23. The van der Waals surface area contributed by atoms with Crippen molar-refractivity contribution in [2.45, 2.75) is 51.2 Å². The van der Waals surface area contributed by atoms with Gasteiger partial charge in [0.15, 0.2) is 0 Å². The fourth-order valence-electron chi connectivity index (χ4n) is 4.56. The minimum Gasteiger partial charge on any atom is -0.494 e. The van der Waals surface area contributed by atoms with E-state index < -0.39 is 0 Å². The molecule has 194 valence electrons. The molecule has 0 radical (unpaired) electrons. The second kappa shape index (κ2) is 13.8. The molecule has 0 aliphatic heterocycles. The summed E-state index contributed by atoms with van der Waals surface area (Å²) >= 11 is 0. The zero-order valence-electron chi connectivity index (χ0n) is 21.1. The molecule has 0 unspecified atom stereocenters. The molecule has 0 amide bonds. The fourth-order valence-corrected chi connectivity index (χ4v) is 4.56. The van der Waals surface area contributed by atoms with E-state index in [1.807, 2.05) is 60.7 Å². The zero-order valence-corrected chi connectivity index (χ0v) is 21.9. The first kappa shape index (κ1) is 26.7. The summed E-state index contributed by atoms with van der Waals surface area (Å²) in [7, 11) is 0. The van der Waals surface area contributed by atoms with Gasteiger partial charge in [-0.3, -0.25) is 0 Å². The number of para-hydroxylation sites is 1. The third-order valence-corrected chi connectivity index (χ3v) is 6.47. The lowest BCUT2D eigenvalue weighted by atomic mass is 9.95. The molecule has 1 saturated carbocycles. The molecule has 7 heteroatoms. The van der Waals surface area contributed by atoms with Crippen molar-refractivity contribution in [3.8, 4) is 5.75 Å². The molecule has 0 spiro atoms. The molecule has 1 aromatic heterocycles. The molecular weight excluding hydrogens is 484 g/mol. The summed E-state index contributed by atoms with van der Waals surface area (Å²) in [5, 5.41) is 8.11. The Kier molecular flexibility index (Phi) is 9.97. The Morgan fingerprint density at radius 3 is 2.35 bits per heavy atom. The molecule has 0 saturated heterocycles. The second-order valence-electron chi connectivity index (χ2n) is 9.28. The van der Waals surface area contributed by atoms with Crippen LogP contribution in [0.15, 0.2) is 78.9 Å². The van der Waals surface area contributed by atoms with Crippen LogP contribution >= 0.6 is 12.4 Å². The SMILES string of the molecule is Cl.c1ccc(COCCCOc2ccc(Nc3nc(NC4CCCCC4)c4ccccc4n3)cc2)cc1. The van der Waals surface area contributed by atoms with Crippen LogP contribution in [0.4, 0.5) is 17.5 Å². The van der Waals surface area contributed by atoms with E-state index in [0.29, 0.717) is 31.8 Å². The average Bonchev–Trinajstić information content (AvgIpc) is 2.93. The molecule has 0 atom stereocenters. The van der Waals surface area contributed by atoms with Crippen molar-refractivity contribution >= 4 is 40.8 Å². The maximum absolute atomic E-state index is 5.88. The van der Waals surface area contributed by atoms with Crippen LogP contribution in [0.3, 0.4) is 0 Å². The zero-order chi connectivity index (χ0) is 24.4. The summed E-state index contributed by atoms with van der Waals surface area (Å²) in [5.74, 6) is 2.34. The Bertz CT molecular complexity index is 1230. The van der Waals surface area contributed by atoms with Gasteiger partial charge in [-0.25, -0.2) is 4.98 Å². The molecule has 0 bridgehead atoms. The van der Waals surface area contributed by atoms with Gasteiger partial charge < -0.3 is 20.1 Å². The van der Waals surface area contributed by atoms with E-state index in [9.17, 15) is 0 Å². The summed E-state index contributed by atoms with van der Waals surface area (Å²) < 4.78 is 11.6. The monoisotopic (exact) mass is 518 g/mol. The summed E-state index contributed by atoms with van der Waals surface area (Å²) in [6.07, 6.45) is 7.12. The first-order chi connectivity index (χ1) is 17.8. The lowest BCUT2D eigenvalue weighted by Gasteiger charge is -2.24. The highest BCUT2D eigenvalue weighted by atomic mass is 35.5. The topological polar surface area (TPSA) is 68.3 Å². The first-order valence-corrected chi connectivity index (χ1v) is 13.0. The van der Waals surface area contributed by atoms with Gasteiger partial charge >= 0.3 is 0 Å². The number of hydrogen-bond donors (Lipinski definition) is 2. The average molecular weight is 519 g/mol. The molecule has 4 aromatic rings. The van der Waals surface area contributed by atoms with Gasteiger partial charge in [0.1, 0.15) is 11.6 Å². The molecule has 1 aliphatic rings. The van der Waals surface area contributed by atoms with E-state index in [2.05, 4.69) is 28.8 Å². The van der Waals surface area contributed by atoms with Gasteiger partial charge in [0.25, 0.3) is 0 Å². The van der Waals surface area contributed by atoms with Crippen LogP contribution in [0.2, 0.25) is 0 Å². The molecule has 37 heavy (non-hydrogen) atoms. The van der Waals surface area contributed by atoms with Crippen LogP contribution in [0.1, 0.15) is 44.1 Å². The van der Waals surface area contributed by atoms with Crippen LogP contribution in [0.25, 0.3) is 10.9 Å². The molecule has 5 rings (SSSR count). The van der Waals surface area contributed by atoms with Gasteiger partial charge in [-0.05, 0) is 54.8 Å². The second-order valence-corrected chi connectivity index (χ2v) is 9.28. The molecule has 1 fully saturated rings. The third kappa shape index (κ3) is 7.81. The number of nitrogens with one attached hydrogen (secondary N) is 2. The minimum absolute atomic E-state index is 0. The number of aromatic nitrogens is 2. The van der Waals surface area contributed by atoms with Crippen molar-refractivity contribution in [3.05, 3.63) is 84.4 Å². The van der Waals surface area contributed by atoms with Gasteiger partial charge in [0.05, 0.1) is 25.3 Å². The van der Waals surface area contributed by atoms with Crippen molar-refractivity contribution in [1.29, 1.82) is 0 Å². The van der Waals surface area contributed by atoms with Crippen LogP contribution < -0.4 is 15.4 Å². The fraction of sp³-hybridized carbons (Fsp3) is 0.333. The van der Waals surface area contributed by atoms with E-state index in [1.54, 1.807) is 0 Å². The Morgan fingerprint density at radius 1 is 0.784 bits per heavy atom. The number of nitrogens with zero attached hydrogens (tertiary/aromatic N) is 2. The van der Waals surface area contributed by atoms with Crippen molar-refractivity contribution in [2.24, 2.45) is 0 Å². The van der Waals surface area contributed by atoms with Crippen LogP contribution in [0.5, 0.6) is 5.75 Å². The maximum Gasteiger partial charge on any atom is 0.229 e. The number of rotatable bonds is 11. The van der Waals surface area contributed by atoms with Crippen molar-refractivity contribution in [2.75, 3.05) is 23.8 Å². The number of halogens is 1. The summed E-state index contributed by atoms with van der Waals surface area (Å²) in [6, 6.07) is 26.8. The molecule has 1 aliphatic carbocycles. The summed E-state index contributed by atoms with van der Waals surface area (Å²) in [6.45, 7) is 1.92. The van der Waals surface area contributed by atoms with E-state index in [1.165, 1.54) is 37.7 Å². The normalized spacial score (nSPS) is 13.6. The Balaban J connectivity index is 0.00000320. The van der Waals surface area contributed by atoms with Gasteiger partial charge in [0.2, 0.25) is 5.95 Å². The Hall–Kier alpha value is -3.35. The molecule has 3 aromatic carbocycles. The molecule has 6 nitrogen and oxygen atoms in total. The van der Waals surface area contributed by atoms with Crippen molar-refractivity contribution in [3.63, 3.8) is 0 Å². The van der Waals surface area contributed by atoms with E-state index >= 15 is 0 Å². The first-order valence-electron chi connectivity index (χ1n) is 13.0. The van der Waals surface area contributed by atoms with Gasteiger partial charge in [0, 0.05) is 23.5 Å². The predicted octanol–water partition coefficient (Wildman–Crippen LogP) is 7.53. The smallest absolute Gasteiger partial charge is 0.229 e. The highest BCUT2D eigenvalue weighted by Gasteiger charge is 2.16. The summed E-state index contributed by atoms with van der Waals surface area (Å²) in [4.78, 5) is 9.57. The third-order valence-electron chi connectivity index (χ3n) is 6.47. The van der Waals surface area contributed by atoms with Gasteiger partial charge in [-0.2, -0.15) is 4.98 Å². The van der Waals surface area contributed by atoms with Crippen molar-refractivity contribution < 1.29 is 9.47 Å².